The second-order valence-electron chi connectivity index (χ2n) is 9.64. The first-order chi connectivity index (χ1) is 15.1. The molecule has 1 unspecified atom stereocenters. The molecule has 1 atom stereocenters. The van der Waals surface area contributed by atoms with Crippen LogP contribution in [0.5, 0.6) is 0 Å². The van der Waals surface area contributed by atoms with Crippen molar-refractivity contribution < 1.29 is 9.59 Å². The highest BCUT2D eigenvalue weighted by Crippen LogP contribution is 2.41. The molecule has 0 aromatic heterocycles. The number of nitrogens with zero attached hydrogens (tertiary/aromatic N) is 3. The summed E-state index contributed by atoms with van der Waals surface area (Å²) < 4.78 is 0. The van der Waals surface area contributed by atoms with Gasteiger partial charge in [0.15, 0.2) is 0 Å². The molecule has 2 saturated heterocycles. The van der Waals surface area contributed by atoms with Crippen LogP contribution in [0.1, 0.15) is 55.7 Å². The highest BCUT2D eigenvalue weighted by atomic mass is 16.2. The van der Waals surface area contributed by atoms with Crippen molar-refractivity contribution in [3.8, 4) is 0 Å². The first-order valence-electron chi connectivity index (χ1n) is 12.2. The quantitative estimate of drug-likeness (QED) is 0.728. The molecule has 31 heavy (non-hydrogen) atoms. The van der Waals surface area contributed by atoms with E-state index in [1.165, 1.54) is 36.8 Å². The Hall–Kier alpha value is -1.92. The van der Waals surface area contributed by atoms with Gasteiger partial charge in [0.05, 0.1) is 19.1 Å². The predicted molar refractivity (Wildman–Crippen MR) is 123 cm³/mol. The van der Waals surface area contributed by atoms with Crippen molar-refractivity contribution in [2.75, 3.05) is 52.4 Å². The van der Waals surface area contributed by atoms with Crippen molar-refractivity contribution in [1.82, 2.24) is 20.0 Å². The Labute approximate surface area is 187 Å². The van der Waals surface area contributed by atoms with Gasteiger partial charge >= 0.3 is 0 Å². The molecule has 2 amide bonds. The molecule has 6 nitrogen and oxygen atoms in total. The first-order valence-corrected chi connectivity index (χ1v) is 12.2. The number of carbonyl (C=O) groups excluding carboxylic acids is 2. The summed E-state index contributed by atoms with van der Waals surface area (Å²) in [7, 11) is 0. The van der Waals surface area contributed by atoms with E-state index in [-0.39, 0.29) is 17.9 Å². The minimum atomic E-state index is 0.117. The number of piperazine rings is 1. The van der Waals surface area contributed by atoms with Gasteiger partial charge in [-0.1, -0.05) is 42.7 Å². The van der Waals surface area contributed by atoms with Crippen molar-refractivity contribution in [2.24, 2.45) is 5.92 Å². The van der Waals surface area contributed by atoms with Gasteiger partial charge in [0.1, 0.15) is 0 Å². The van der Waals surface area contributed by atoms with Gasteiger partial charge in [0.25, 0.3) is 0 Å². The third-order valence-electron chi connectivity index (χ3n) is 7.00. The summed E-state index contributed by atoms with van der Waals surface area (Å²) in [6.07, 6.45) is 7.16. The maximum absolute atomic E-state index is 12.8. The number of carbonyl (C=O) groups is 2. The number of rotatable bonds is 7. The van der Waals surface area contributed by atoms with Crippen LogP contribution in [-0.4, -0.2) is 78.9 Å². The minimum absolute atomic E-state index is 0.117. The van der Waals surface area contributed by atoms with Gasteiger partial charge in [-0.25, -0.2) is 0 Å². The number of nitrogens with one attached hydrogen (secondary N) is 1. The van der Waals surface area contributed by atoms with Gasteiger partial charge in [-0.2, -0.15) is 0 Å². The minimum Gasteiger partial charge on any atom is -0.348 e. The van der Waals surface area contributed by atoms with E-state index in [0.29, 0.717) is 19.0 Å². The van der Waals surface area contributed by atoms with Gasteiger partial charge in [-0.05, 0) is 44.1 Å². The molecule has 1 saturated carbocycles. The van der Waals surface area contributed by atoms with E-state index in [4.69, 9.17) is 0 Å². The molecule has 1 N–H and O–H groups in total. The lowest BCUT2D eigenvalue weighted by Gasteiger charge is -2.35. The Morgan fingerprint density at radius 1 is 0.871 bits per heavy atom. The number of amides is 2. The molecule has 3 aliphatic rings. The summed E-state index contributed by atoms with van der Waals surface area (Å²) in [5.41, 5.74) is 2.47. The average molecular weight is 427 g/mol. The van der Waals surface area contributed by atoms with E-state index in [2.05, 4.69) is 51.2 Å². The lowest BCUT2D eigenvalue weighted by molar-refractivity contribution is -0.133. The number of hydrogen-bond acceptors (Lipinski definition) is 4. The second kappa shape index (κ2) is 10.6. The van der Waals surface area contributed by atoms with Crippen LogP contribution in [0.2, 0.25) is 0 Å². The van der Waals surface area contributed by atoms with Crippen molar-refractivity contribution in [2.45, 2.75) is 51.5 Å². The van der Waals surface area contributed by atoms with Crippen LogP contribution in [0.4, 0.5) is 0 Å². The molecule has 1 aliphatic carbocycles. The van der Waals surface area contributed by atoms with Crippen LogP contribution in [0.25, 0.3) is 0 Å². The molecule has 0 bridgehead atoms. The van der Waals surface area contributed by atoms with Gasteiger partial charge in [0, 0.05) is 39.3 Å². The molecule has 170 valence electrons. The molecule has 0 spiro atoms. The van der Waals surface area contributed by atoms with E-state index in [1.54, 1.807) is 0 Å². The SMILES string of the molecule is Cc1ccc(C(NC(=O)CN2CCN(CC(=O)N3CCCCCC3)CC2)C2CC2)cc1. The highest BCUT2D eigenvalue weighted by molar-refractivity contribution is 5.79. The zero-order valence-electron chi connectivity index (χ0n) is 19.0. The molecule has 3 fully saturated rings. The number of benzene rings is 1. The lowest BCUT2D eigenvalue weighted by atomic mass is 10.0. The van der Waals surface area contributed by atoms with Crippen molar-refractivity contribution in [3.05, 3.63) is 35.4 Å². The molecule has 6 heteroatoms. The van der Waals surface area contributed by atoms with E-state index in [1.807, 2.05) is 0 Å². The first kappa shape index (κ1) is 22.3. The predicted octanol–water partition coefficient (Wildman–Crippen LogP) is 2.58. The Balaban J connectivity index is 1.20. The Morgan fingerprint density at radius 3 is 2.03 bits per heavy atom. The number of likely N-dealkylation sites (tertiary alicyclic amines) is 1. The normalized spacial score (nSPS) is 22.0. The van der Waals surface area contributed by atoms with Crippen LogP contribution < -0.4 is 5.32 Å². The molecule has 2 aliphatic heterocycles. The summed E-state index contributed by atoms with van der Waals surface area (Å²) in [6.45, 7) is 8.31. The Morgan fingerprint density at radius 2 is 1.45 bits per heavy atom. The summed E-state index contributed by atoms with van der Waals surface area (Å²) in [6, 6.07) is 8.70. The molecular weight excluding hydrogens is 388 g/mol. The average Bonchev–Trinajstić information content (AvgIpc) is 3.61. The number of aryl methyl sites for hydroxylation is 1. The second-order valence-corrected chi connectivity index (χ2v) is 9.64. The molecule has 1 aromatic carbocycles. The van der Waals surface area contributed by atoms with Crippen molar-refractivity contribution in [3.63, 3.8) is 0 Å². The van der Waals surface area contributed by atoms with Crippen LogP contribution in [0.15, 0.2) is 24.3 Å². The Bertz CT molecular complexity index is 730. The molecule has 1 aromatic rings. The van der Waals surface area contributed by atoms with Gasteiger partial charge < -0.3 is 10.2 Å². The molecule has 0 radical (unpaired) electrons. The smallest absolute Gasteiger partial charge is 0.236 e. The van der Waals surface area contributed by atoms with E-state index in [0.717, 1.165) is 52.1 Å². The van der Waals surface area contributed by atoms with E-state index in [9.17, 15) is 9.59 Å². The molecule has 4 rings (SSSR count). The topological polar surface area (TPSA) is 55.9 Å². The summed E-state index contributed by atoms with van der Waals surface area (Å²) in [5.74, 6) is 0.971. The molecular formula is C25H38N4O2. The summed E-state index contributed by atoms with van der Waals surface area (Å²) in [4.78, 5) is 31.9. The van der Waals surface area contributed by atoms with E-state index < -0.39 is 0 Å². The zero-order valence-corrected chi connectivity index (χ0v) is 19.0. The fourth-order valence-electron chi connectivity index (χ4n) is 4.82. The van der Waals surface area contributed by atoms with Gasteiger partial charge in [0.2, 0.25) is 11.8 Å². The third kappa shape index (κ3) is 6.53. The Kier molecular flexibility index (Phi) is 7.62. The maximum Gasteiger partial charge on any atom is 0.236 e. The third-order valence-corrected chi connectivity index (χ3v) is 7.00. The van der Waals surface area contributed by atoms with Crippen LogP contribution in [0.3, 0.4) is 0 Å². The highest BCUT2D eigenvalue weighted by Gasteiger charge is 2.33. The lowest BCUT2D eigenvalue weighted by Crippen LogP contribution is -2.52. The standard InChI is InChI=1S/C25H38N4O2/c1-20-6-8-21(9-7-20)25(22-10-11-22)26-23(30)18-27-14-16-28(17-15-27)19-24(31)29-12-4-2-3-5-13-29/h6-9,22,25H,2-5,10-19H2,1H3,(H,26,30). The molecule has 2 heterocycles. The summed E-state index contributed by atoms with van der Waals surface area (Å²) >= 11 is 0. The van der Waals surface area contributed by atoms with Gasteiger partial charge in [-0.3, -0.25) is 19.4 Å². The fraction of sp³-hybridized carbons (Fsp3) is 0.680. The van der Waals surface area contributed by atoms with Crippen LogP contribution >= 0.6 is 0 Å². The largest absolute Gasteiger partial charge is 0.348 e. The van der Waals surface area contributed by atoms with Crippen LogP contribution in [0, 0.1) is 12.8 Å². The van der Waals surface area contributed by atoms with E-state index >= 15 is 0 Å². The van der Waals surface area contributed by atoms with Crippen molar-refractivity contribution in [1.29, 1.82) is 0 Å². The number of hydrogen-bond donors (Lipinski definition) is 1. The summed E-state index contributed by atoms with van der Waals surface area (Å²) in [5, 5.41) is 3.30. The monoisotopic (exact) mass is 426 g/mol. The van der Waals surface area contributed by atoms with Crippen molar-refractivity contribution >= 4 is 11.8 Å². The van der Waals surface area contributed by atoms with Crippen LogP contribution in [-0.2, 0) is 9.59 Å². The maximum atomic E-state index is 12.8. The van der Waals surface area contributed by atoms with Gasteiger partial charge in [-0.15, -0.1) is 0 Å². The fourth-order valence-corrected chi connectivity index (χ4v) is 4.82. The zero-order chi connectivity index (χ0) is 21.6.